The number of ether oxygens (including phenoxy) is 1. The van der Waals surface area contributed by atoms with Crippen LogP contribution in [0.4, 0.5) is 0 Å². The van der Waals surface area contributed by atoms with Gasteiger partial charge in [-0.25, -0.2) is 4.79 Å². The lowest BCUT2D eigenvalue weighted by molar-refractivity contribution is -0.146. The fraction of sp³-hybridized carbons (Fsp3) is 0.857. The van der Waals surface area contributed by atoms with E-state index in [9.17, 15) is 9.59 Å². The average molecular weight is 450 g/mol. The molecule has 0 aromatic rings. The van der Waals surface area contributed by atoms with E-state index < -0.39 is 6.04 Å². The van der Waals surface area contributed by atoms with E-state index in [-0.39, 0.29) is 11.9 Å². The molecule has 4 heteroatoms. The lowest BCUT2D eigenvalue weighted by Crippen LogP contribution is -2.34. The predicted molar refractivity (Wildman–Crippen MR) is 135 cm³/mol. The van der Waals surface area contributed by atoms with Crippen LogP contribution < -0.4 is 5.32 Å². The van der Waals surface area contributed by atoms with Crippen molar-refractivity contribution in [2.24, 2.45) is 0 Å². The number of hydrogen-bond acceptors (Lipinski definition) is 3. The second-order valence-corrected chi connectivity index (χ2v) is 9.53. The molecule has 1 N–H and O–H groups in total. The quantitative estimate of drug-likeness (QED) is 0.104. The molecule has 1 rings (SSSR count). The topological polar surface area (TPSA) is 55.4 Å². The molecule has 1 aliphatic heterocycles. The van der Waals surface area contributed by atoms with Crippen molar-refractivity contribution in [1.29, 1.82) is 0 Å². The number of amides is 1. The third-order valence-electron chi connectivity index (χ3n) is 6.43. The number of esters is 1. The monoisotopic (exact) mass is 449 g/mol. The van der Waals surface area contributed by atoms with Crippen molar-refractivity contribution < 1.29 is 14.3 Å². The Balaban J connectivity index is 1.72. The molecule has 0 radical (unpaired) electrons. The zero-order valence-corrected chi connectivity index (χ0v) is 21.0. The number of carbonyl (C=O) groups is 2. The third-order valence-corrected chi connectivity index (χ3v) is 6.43. The second kappa shape index (κ2) is 21.5. The molecular formula is C28H51NO3. The smallest absolute Gasteiger partial charge is 0.328 e. The van der Waals surface area contributed by atoms with Crippen LogP contribution in [0.5, 0.6) is 0 Å². The maximum atomic E-state index is 11.8. The highest BCUT2D eigenvalue weighted by Gasteiger charge is 2.28. The molecule has 4 nitrogen and oxygen atoms in total. The van der Waals surface area contributed by atoms with Gasteiger partial charge < -0.3 is 10.1 Å². The number of unbranched alkanes of at least 4 members (excludes halogenated alkanes) is 17. The van der Waals surface area contributed by atoms with Crippen LogP contribution in [-0.4, -0.2) is 24.5 Å². The van der Waals surface area contributed by atoms with Crippen molar-refractivity contribution in [2.75, 3.05) is 6.61 Å². The summed E-state index contributed by atoms with van der Waals surface area (Å²) in [6.07, 6.45) is 30.9. The molecule has 0 saturated carbocycles. The van der Waals surface area contributed by atoms with Crippen molar-refractivity contribution in [3.63, 3.8) is 0 Å². The molecule has 0 aliphatic carbocycles. The van der Waals surface area contributed by atoms with Crippen molar-refractivity contribution in [2.45, 2.75) is 148 Å². The molecular weight excluding hydrogens is 398 g/mol. The highest BCUT2D eigenvalue weighted by Crippen LogP contribution is 2.13. The largest absolute Gasteiger partial charge is 0.464 e. The minimum absolute atomic E-state index is 0.0455. The predicted octanol–water partition coefficient (Wildman–Crippen LogP) is 7.80. The molecule has 1 aliphatic rings. The Kier molecular flexibility index (Phi) is 19.3. The number of nitrogens with one attached hydrogen (secondary N) is 1. The highest BCUT2D eigenvalue weighted by molar-refractivity contribution is 5.87. The van der Waals surface area contributed by atoms with Crippen LogP contribution in [0.1, 0.15) is 142 Å². The van der Waals surface area contributed by atoms with E-state index in [1.165, 1.54) is 109 Å². The Bertz CT molecular complexity index is 489. The maximum Gasteiger partial charge on any atom is 0.328 e. The average Bonchev–Trinajstić information content (AvgIpc) is 3.23. The summed E-state index contributed by atoms with van der Waals surface area (Å²) in [5.74, 6) is -0.313. The number of rotatable bonds is 22. The first-order valence-electron chi connectivity index (χ1n) is 13.8. The van der Waals surface area contributed by atoms with Crippen LogP contribution in [0, 0.1) is 0 Å². The second-order valence-electron chi connectivity index (χ2n) is 9.53. The van der Waals surface area contributed by atoms with Crippen LogP contribution in [-0.2, 0) is 14.3 Å². The first-order chi connectivity index (χ1) is 15.7. The standard InChI is InChI=1S/C28H51NO3/c1-2-3-4-5-6-7-8-9-10-11-12-13-14-15-16-17-18-19-20-21-22-25-32-28(31)26-23-24-27(30)29-26/h14-15,26H,2-13,16-25H2,1H3,(H,29,30)/b15-14+/t26-/m0/s1. The van der Waals surface area contributed by atoms with Crippen molar-refractivity contribution in [1.82, 2.24) is 5.32 Å². The molecule has 1 saturated heterocycles. The zero-order valence-electron chi connectivity index (χ0n) is 21.0. The Labute approximate surface area is 198 Å². The molecule has 1 heterocycles. The van der Waals surface area contributed by atoms with Gasteiger partial charge in [0.05, 0.1) is 6.61 Å². The molecule has 0 aromatic heterocycles. The number of allylic oxidation sites excluding steroid dienone is 2. The molecule has 32 heavy (non-hydrogen) atoms. The minimum atomic E-state index is -0.412. The van der Waals surface area contributed by atoms with Crippen molar-refractivity contribution in [3.8, 4) is 0 Å². The summed E-state index contributed by atoms with van der Waals surface area (Å²) in [5, 5.41) is 2.65. The lowest BCUT2D eigenvalue weighted by Gasteiger charge is -2.09. The Morgan fingerprint density at radius 3 is 1.72 bits per heavy atom. The van der Waals surface area contributed by atoms with Crippen LogP contribution in [0.25, 0.3) is 0 Å². The van der Waals surface area contributed by atoms with Gasteiger partial charge in [-0.2, -0.15) is 0 Å². The number of carbonyl (C=O) groups excluding carboxylic acids is 2. The van der Waals surface area contributed by atoms with Gasteiger partial charge in [0, 0.05) is 6.42 Å². The summed E-state index contributed by atoms with van der Waals surface area (Å²) < 4.78 is 5.25. The first-order valence-corrected chi connectivity index (χ1v) is 13.8. The molecule has 1 amide bonds. The Morgan fingerprint density at radius 2 is 1.25 bits per heavy atom. The van der Waals surface area contributed by atoms with E-state index in [1.54, 1.807) is 0 Å². The van der Waals surface area contributed by atoms with Gasteiger partial charge in [0.2, 0.25) is 5.91 Å². The molecule has 0 spiro atoms. The van der Waals surface area contributed by atoms with Crippen LogP contribution >= 0.6 is 0 Å². The summed E-state index contributed by atoms with van der Waals surface area (Å²) in [7, 11) is 0. The summed E-state index contributed by atoms with van der Waals surface area (Å²) >= 11 is 0. The van der Waals surface area contributed by atoms with E-state index in [0.717, 1.165) is 12.8 Å². The Morgan fingerprint density at radius 1 is 0.781 bits per heavy atom. The van der Waals surface area contributed by atoms with Crippen LogP contribution in [0.2, 0.25) is 0 Å². The summed E-state index contributed by atoms with van der Waals surface area (Å²) in [5.41, 5.74) is 0. The molecule has 0 unspecified atom stereocenters. The Hall–Kier alpha value is -1.32. The fourth-order valence-corrected chi connectivity index (χ4v) is 4.30. The van der Waals surface area contributed by atoms with Gasteiger partial charge in [-0.3, -0.25) is 4.79 Å². The van der Waals surface area contributed by atoms with Gasteiger partial charge in [0.1, 0.15) is 6.04 Å². The first kappa shape index (κ1) is 28.7. The van der Waals surface area contributed by atoms with Gasteiger partial charge >= 0.3 is 5.97 Å². The third kappa shape index (κ3) is 17.3. The minimum Gasteiger partial charge on any atom is -0.464 e. The summed E-state index contributed by atoms with van der Waals surface area (Å²) in [6, 6.07) is -0.412. The molecule has 1 fully saturated rings. The van der Waals surface area contributed by atoms with Gasteiger partial charge in [0.25, 0.3) is 0 Å². The lowest BCUT2D eigenvalue weighted by atomic mass is 10.0. The molecule has 186 valence electrons. The zero-order chi connectivity index (χ0) is 23.1. The summed E-state index contributed by atoms with van der Waals surface area (Å²) in [6.45, 7) is 2.76. The molecule has 1 atom stereocenters. The van der Waals surface area contributed by atoms with E-state index in [0.29, 0.717) is 19.4 Å². The maximum absolute atomic E-state index is 11.8. The van der Waals surface area contributed by atoms with Crippen LogP contribution in [0.15, 0.2) is 12.2 Å². The highest BCUT2D eigenvalue weighted by atomic mass is 16.5. The van der Waals surface area contributed by atoms with Gasteiger partial charge in [-0.15, -0.1) is 0 Å². The van der Waals surface area contributed by atoms with E-state index in [2.05, 4.69) is 24.4 Å². The normalized spacial score (nSPS) is 16.0. The summed E-state index contributed by atoms with van der Waals surface area (Å²) in [4.78, 5) is 22.9. The van der Waals surface area contributed by atoms with E-state index >= 15 is 0 Å². The number of hydrogen-bond donors (Lipinski definition) is 1. The van der Waals surface area contributed by atoms with Crippen LogP contribution in [0.3, 0.4) is 0 Å². The van der Waals surface area contributed by atoms with Gasteiger partial charge in [-0.1, -0.05) is 109 Å². The SMILES string of the molecule is CCCCCCCCCCCCC/C=C/CCCCCCCCOC(=O)[C@@H]1CCC(=O)N1. The molecule has 0 bridgehead atoms. The van der Waals surface area contributed by atoms with Crippen molar-refractivity contribution in [3.05, 3.63) is 12.2 Å². The van der Waals surface area contributed by atoms with Gasteiger partial charge in [0.15, 0.2) is 0 Å². The van der Waals surface area contributed by atoms with Gasteiger partial charge in [-0.05, 0) is 38.5 Å². The fourth-order valence-electron chi connectivity index (χ4n) is 4.30. The van der Waals surface area contributed by atoms with E-state index in [4.69, 9.17) is 4.74 Å². The van der Waals surface area contributed by atoms with Crippen molar-refractivity contribution >= 4 is 11.9 Å². The molecule has 0 aromatic carbocycles. The van der Waals surface area contributed by atoms with E-state index in [1.807, 2.05) is 0 Å².